The second-order valence-corrected chi connectivity index (χ2v) is 3.06. The molecule has 0 bridgehead atoms. The Morgan fingerprint density at radius 1 is 1.44 bits per heavy atom. The number of hydrogen-bond donors (Lipinski definition) is 2. The van der Waals surface area contributed by atoms with Crippen LogP contribution >= 0.6 is 0 Å². The van der Waals surface area contributed by atoms with E-state index in [4.69, 9.17) is 10.5 Å². The normalized spacial score (nSPS) is 8.81. The third-order valence-corrected chi connectivity index (χ3v) is 1.80. The van der Waals surface area contributed by atoms with Gasteiger partial charge in [0.05, 0.1) is 6.54 Å². The van der Waals surface area contributed by atoms with Gasteiger partial charge in [-0.25, -0.2) is 0 Å². The van der Waals surface area contributed by atoms with Crippen LogP contribution in [0.4, 0.5) is 5.69 Å². The molecule has 0 unspecified atom stereocenters. The zero-order chi connectivity index (χ0) is 11.8. The molecular weight excluding hydrogens is 204 g/mol. The van der Waals surface area contributed by atoms with Crippen LogP contribution in [0.1, 0.15) is 6.92 Å². The van der Waals surface area contributed by atoms with E-state index in [0.717, 1.165) is 0 Å². The number of nitrogen functional groups attached to an aromatic ring is 1. The van der Waals surface area contributed by atoms with Crippen LogP contribution in [0.15, 0.2) is 24.3 Å². The Hall–Kier alpha value is -2.15. The van der Waals surface area contributed by atoms with Crippen LogP contribution in [-0.2, 0) is 4.79 Å². The van der Waals surface area contributed by atoms with Crippen molar-refractivity contribution < 1.29 is 9.53 Å². The van der Waals surface area contributed by atoms with Crippen molar-refractivity contribution in [2.24, 2.45) is 0 Å². The first-order chi connectivity index (χ1) is 7.72. The molecule has 0 aliphatic carbocycles. The summed E-state index contributed by atoms with van der Waals surface area (Å²) >= 11 is 0. The fourth-order valence-electron chi connectivity index (χ4n) is 0.995. The summed E-state index contributed by atoms with van der Waals surface area (Å²) in [6, 6.07) is 6.87. The van der Waals surface area contributed by atoms with Gasteiger partial charge in [0.15, 0.2) is 6.61 Å². The van der Waals surface area contributed by atoms with Crippen molar-refractivity contribution in [2.45, 2.75) is 6.92 Å². The minimum Gasteiger partial charge on any atom is -0.484 e. The van der Waals surface area contributed by atoms with E-state index in [-0.39, 0.29) is 12.5 Å². The van der Waals surface area contributed by atoms with Crippen molar-refractivity contribution in [3.05, 3.63) is 24.3 Å². The lowest BCUT2D eigenvalue weighted by Gasteiger charge is -2.05. The first-order valence-corrected chi connectivity index (χ1v) is 4.87. The Kier molecular flexibility index (Phi) is 4.74. The molecular formula is C12H14N2O2. The average Bonchev–Trinajstić information content (AvgIpc) is 2.29. The van der Waals surface area contributed by atoms with Crippen molar-refractivity contribution in [3.8, 4) is 17.6 Å². The second kappa shape index (κ2) is 6.36. The highest BCUT2D eigenvalue weighted by molar-refractivity contribution is 5.77. The van der Waals surface area contributed by atoms with Gasteiger partial charge in [-0.15, -0.1) is 5.92 Å². The van der Waals surface area contributed by atoms with E-state index in [1.165, 1.54) is 0 Å². The maximum atomic E-state index is 11.2. The number of carbonyl (C=O) groups excluding carboxylic acids is 1. The number of carbonyl (C=O) groups is 1. The number of benzene rings is 1. The predicted octanol–water partition coefficient (Wildman–Crippen LogP) is 0.787. The molecule has 84 valence electrons. The molecule has 16 heavy (non-hydrogen) atoms. The van der Waals surface area contributed by atoms with Crippen LogP contribution in [0.3, 0.4) is 0 Å². The van der Waals surface area contributed by atoms with Crippen LogP contribution < -0.4 is 15.8 Å². The molecule has 0 spiro atoms. The molecule has 0 fully saturated rings. The first-order valence-electron chi connectivity index (χ1n) is 4.87. The third kappa shape index (κ3) is 4.38. The van der Waals surface area contributed by atoms with Crippen molar-refractivity contribution in [2.75, 3.05) is 18.9 Å². The van der Waals surface area contributed by atoms with Gasteiger partial charge >= 0.3 is 0 Å². The highest BCUT2D eigenvalue weighted by atomic mass is 16.5. The highest BCUT2D eigenvalue weighted by Crippen LogP contribution is 2.12. The molecule has 0 saturated heterocycles. The van der Waals surface area contributed by atoms with Gasteiger partial charge in [0.2, 0.25) is 0 Å². The number of nitrogens with two attached hydrogens (primary N) is 1. The maximum Gasteiger partial charge on any atom is 0.258 e. The van der Waals surface area contributed by atoms with Gasteiger partial charge in [-0.05, 0) is 31.2 Å². The summed E-state index contributed by atoms with van der Waals surface area (Å²) in [5.74, 6) is 5.84. The van der Waals surface area contributed by atoms with Crippen molar-refractivity contribution in [3.63, 3.8) is 0 Å². The van der Waals surface area contributed by atoms with Crippen LogP contribution in [0.25, 0.3) is 0 Å². The number of hydrogen-bond acceptors (Lipinski definition) is 3. The Morgan fingerprint density at radius 3 is 2.75 bits per heavy atom. The molecule has 1 aromatic carbocycles. The molecule has 0 saturated carbocycles. The van der Waals surface area contributed by atoms with Gasteiger partial charge in [0.1, 0.15) is 5.75 Å². The SMILES string of the molecule is CC#CCNC(=O)COc1ccc(N)cc1. The van der Waals surface area contributed by atoms with Crippen LogP contribution in [0.2, 0.25) is 0 Å². The Morgan fingerprint density at radius 2 is 2.12 bits per heavy atom. The molecule has 1 rings (SSSR count). The van der Waals surface area contributed by atoms with Crippen LogP contribution in [0, 0.1) is 11.8 Å². The summed E-state index contributed by atoms with van der Waals surface area (Å²) in [5.41, 5.74) is 6.18. The van der Waals surface area contributed by atoms with Crippen molar-refractivity contribution >= 4 is 11.6 Å². The topological polar surface area (TPSA) is 64.3 Å². The number of nitrogens with one attached hydrogen (secondary N) is 1. The monoisotopic (exact) mass is 218 g/mol. The van der Waals surface area contributed by atoms with E-state index < -0.39 is 0 Å². The van der Waals surface area contributed by atoms with Gasteiger partial charge in [-0.3, -0.25) is 4.79 Å². The lowest BCUT2D eigenvalue weighted by molar-refractivity contribution is -0.122. The van der Waals surface area contributed by atoms with Crippen LogP contribution in [0.5, 0.6) is 5.75 Å². The molecule has 0 atom stereocenters. The lowest BCUT2D eigenvalue weighted by Crippen LogP contribution is -2.29. The Balaban J connectivity index is 2.30. The number of anilines is 1. The number of ether oxygens (including phenoxy) is 1. The number of rotatable bonds is 4. The van der Waals surface area contributed by atoms with Crippen molar-refractivity contribution in [1.29, 1.82) is 0 Å². The largest absolute Gasteiger partial charge is 0.484 e. The van der Waals surface area contributed by atoms with Crippen molar-refractivity contribution in [1.82, 2.24) is 5.32 Å². The van der Waals surface area contributed by atoms with Crippen LogP contribution in [-0.4, -0.2) is 19.1 Å². The minimum absolute atomic E-state index is 0.0185. The Labute approximate surface area is 94.8 Å². The van der Waals surface area contributed by atoms with E-state index >= 15 is 0 Å². The van der Waals surface area contributed by atoms with Gasteiger partial charge in [0.25, 0.3) is 5.91 Å². The quantitative estimate of drug-likeness (QED) is 0.580. The fourth-order valence-corrected chi connectivity index (χ4v) is 0.995. The third-order valence-electron chi connectivity index (χ3n) is 1.80. The lowest BCUT2D eigenvalue weighted by atomic mass is 10.3. The van der Waals surface area contributed by atoms with E-state index in [9.17, 15) is 4.79 Å². The Bertz CT molecular complexity index is 401. The van der Waals surface area contributed by atoms with Gasteiger partial charge in [0, 0.05) is 5.69 Å². The van der Waals surface area contributed by atoms with E-state index in [2.05, 4.69) is 17.2 Å². The van der Waals surface area contributed by atoms with E-state index in [1.807, 2.05) is 0 Å². The van der Waals surface area contributed by atoms with E-state index in [1.54, 1.807) is 31.2 Å². The van der Waals surface area contributed by atoms with Gasteiger partial charge in [-0.2, -0.15) is 0 Å². The summed E-state index contributed by atoms with van der Waals surface area (Å²) in [7, 11) is 0. The van der Waals surface area contributed by atoms with Gasteiger partial charge in [-0.1, -0.05) is 5.92 Å². The molecule has 1 amide bonds. The summed E-state index contributed by atoms with van der Waals surface area (Å²) in [5, 5.41) is 2.60. The molecule has 4 nitrogen and oxygen atoms in total. The average molecular weight is 218 g/mol. The molecule has 3 N–H and O–H groups in total. The standard InChI is InChI=1S/C12H14N2O2/c1-2-3-8-14-12(15)9-16-11-6-4-10(13)5-7-11/h4-7H,8-9,13H2,1H3,(H,14,15). The molecule has 0 heterocycles. The molecule has 0 radical (unpaired) electrons. The summed E-state index contributed by atoms with van der Waals surface area (Å²) in [6.07, 6.45) is 0. The summed E-state index contributed by atoms with van der Waals surface area (Å²) < 4.78 is 5.24. The zero-order valence-electron chi connectivity index (χ0n) is 9.12. The molecule has 1 aromatic rings. The first kappa shape index (κ1) is 11.9. The highest BCUT2D eigenvalue weighted by Gasteiger charge is 2.00. The minimum atomic E-state index is -0.195. The maximum absolute atomic E-state index is 11.2. The smallest absolute Gasteiger partial charge is 0.258 e. The molecule has 4 heteroatoms. The molecule has 0 aliphatic rings. The number of amides is 1. The summed E-state index contributed by atoms with van der Waals surface area (Å²) in [6.45, 7) is 2.05. The molecule has 0 aliphatic heterocycles. The molecule has 0 aromatic heterocycles. The second-order valence-electron chi connectivity index (χ2n) is 3.06. The predicted molar refractivity (Wildman–Crippen MR) is 62.8 cm³/mol. The fraction of sp³-hybridized carbons (Fsp3) is 0.250. The summed E-state index contributed by atoms with van der Waals surface area (Å²) in [4.78, 5) is 11.2. The van der Waals surface area contributed by atoms with Gasteiger partial charge < -0.3 is 15.8 Å². The van der Waals surface area contributed by atoms with E-state index in [0.29, 0.717) is 18.0 Å². The zero-order valence-corrected chi connectivity index (χ0v) is 9.12.